The van der Waals surface area contributed by atoms with Crippen molar-refractivity contribution in [1.29, 1.82) is 0 Å². The molecule has 23 heavy (non-hydrogen) atoms. The maximum absolute atomic E-state index is 12.6. The highest BCUT2D eigenvalue weighted by Gasteiger charge is 2.37. The van der Waals surface area contributed by atoms with Crippen LogP contribution < -0.4 is 0 Å². The number of likely N-dealkylation sites (tertiary alicyclic amines) is 1. The van der Waals surface area contributed by atoms with E-state index in [1.165, 1.54) is 5.56 Å². The molecule has 1 fully saturated rings. The van der Waals surface area contributed by atoms with Crippen LogP contribution in [0.3, 0.4) is 0 Å². The SMILES string of the molecule is Cc1cccc(CC(=O)N2CC[C@@H]3OCc4cnnn4[C@H]3C2)c1. The Balaban J connectivity index is 1.48. The largest absolute Gasteiger partial charge is 0.370 e. The summed E-state index contributed by atoms with van der Waals surface area (Å²) < 4.78 is 7.82. The molecule has 1 aromatic heterocycles. The topological polar surface area (TPSA) is 60.3 Å². The van der Waals surface area contributed by atoms with Gasteiger partial charge in [0.15, 0.2) is 0 Å². The fourth-order valence-electron chi connectivity index (χ4n) is 3.51. The Kier molecular flexibility index (Phi) is 3.61. The Morgan fingerprint density at radius 2 is 2.35 bits per heavy atom. The van der Waals surface area contributed by atoms with Crippen LogP contribution in [0.4, 0.5) is 0 Å². The molecule has 0 unspecified atom stereocenters. The van der Waals surface area contributed by atoms with E-state index < -0.39 is 0 Å². The average Bonchev–Trinajstić information content (AvgIpc) is 3.03. The van der Waals surface area contributed by atoms with Gasteiger partial charge in [-0.05, 0) is 18.9 Å². The number of amides is 1. The van der Waals surface area contributed by atoms with E-state index in [1.54, 1.807) is 6.20 Å². The summed E-state index contributed by atoms with van der Waals surface area (Å²) in [5.41, 5.74) is 3.24. The predicted molar refractivity (Wildman–Crippen MR) is 83.7 cm³/mol. The van der Waals surface area contributed by atoms with Crippen LogP contribution in [0, 0.1) is 6.92 Å². The molecule has 120 valence electrons. The Morgan fingerprint density at radius 1 is 1.43 bits per heavy atom. The number of piperidine rings is 1. The standard InChI is InChI=1S/C17H20N4O2/c1-12-3-2-4-13(7-12)8-17(22)20-6-5-16-15(10-20)21-14(11-23-16)9-18-19-21/h2-4,7,9,15-16H,5-6,8,10-11H2,1H3/t15-,16-/m0/s1. The first-order valence-electron chi connectivity index (χ1n) is 8.05. The number of nitrogens with zero attached hydrogens (tertiary/aromatic N) is 4. The molecule has 2 aliphatic heterocycles. The number of benzene rings is 1. The van der Waals surface area contributed by atoms with Crippen LogP contribution in [0.5, 0.6) is 0 Å². The number of carbonyl (C=O) groups excluding carboxylic acids is 1. The maximum Gasteiger partial charge on any atom is 0.227 e. The molecule has 1 amide bonds. The smallest absolute Gasteiger partial charge is 0.227 e. The molecule has 2 aromatic rings. The summed E-state index contributed by atoms with van der Waals surface area (Å²) in [7, 11) is 0. The van der Waals surface area contributed by atoms with Crippen molar-refractivity contribution in [2.45, 2.75) is 38.5 Å². The van der Waals surface area contributed by atoms with Gasteiger partial charge in [0.25, 0.3) is 0 Å². The molecule has 4 rings (SSSR count). The van der Waals surface area contributed by atoms with E-state index in [0.717, 1.165) is 24.2 Å². The van der Waals surface area contributed by atoms with Crippen molar-refractivity contribution in [3.05, 3.63) is 47.3 Å². The van der Waals surface area contributed by atoms with Crippen molar-refractivity contribution in [2.75, 3.05) is 13.1 Å². The second-order valence-electron chi connectivity index (χ2n) is 6.38. The van der Waals surface area contributed by atoms with Crippen molar-refractivity contribution in [3.8, 4) is 0 Å². The van der Waals surface area contributed by atoms with E-state index in [0.29, 0.717) is 19.6 Å². The third-order valence-electron chi connectivity index (χ3n) is 4.72. The molecule has 3 heterocycles. The fraction of sp³-hybridized carbons (Fsp3) is 0.471. The van der Waals surface area contributed by atoms with Gasteiger partial charge >= 0.3 is 0 Å². The van der Waals surface area contributed by atoms with E-state index in [-0.39, 0.29) is 18.1 Å². The molecular formula is C17H20N4O2. The molecule has 2 atom stereocenters. The van der Waals surface area contributed by atoms with Crippen LogP contribution in [0.2, 0.25) is 0 Å². The van der Waals surface area contributed by atoms with Crippen molar-refractivity contribution in [1.82, 2.24) is 19.9 Å². The molecule has 0 N–H and O–H groups in total. The lowest BCUT2D eigenvalue weighted by molar-refractivity contribution is -0.137. The summed E-state index contributed by atoms with van der Waals surface area (Å²) >= 11 is 0. The lowest BCUT2D eigenvalue weighted by atomic mass is 9.99. The fourth-order valence-corrected chi connectivity index (χ4v) is 3.51. The van der Waals surface area contributed by atoms with E-state index in [2.05, 4.69) is 16.4 Å². The zero-order chi connectivity index (χ0) is 15.8. The van der Waals surface area contributed by atoms with Crippen LogP contribution in [0.15, 0.2) is 30.5 Å². The van der Waals surface area contributed by atoms with Gasteiger partial charge in [0.1, 0.15) is 0 Å². The van der Waals surface area contributed by atoms with Gasteiger partial charge in [0, 0.05) is 13.1 Å². The van der Waals surface area contributed by atoms with Gasteiger partial charge in [-0.15, -0.1) is 5.10 Å². The number of fused-ring (bicyclic) bond motifs is 3. The average molecular weight is 312 g/mol. The predicted octanol–water partition coefficient (Wildman–Crippen LogP) is 1.50. The minimum Gasteiger partial charge on any atom is -0.370 e. The second kappa shape index (κ2) is 5.77. The Bertz CT molecular complexity index is 727. The number of aromatic nitrogens is 3. The molecular weight excluding hydrogens is 292 g/mol. The molecule has 6 nitrogen and oxygen atoms in total. The number of carbonyl (C=O) groups is 1. The summed E-state index contributed by atoms with van der Waals surface area (Å²) in [5.74, 6) is 0.168. The monoisotopic (exact) mass is 312 g/mol. The molecule has 0 saturated carbocycles. The maximum atomic E-state index is 12.6. The zero-order valence-electron chi connectivity index (χ0n) is 13.2. The van der Waals surface area contributed by atoms with Gasteiger partial charge in [0.2, 0.25) is 5.91 Å². The van der Waals surface area contributed by atoms with Crippen molar-refractivity contribution < 1.29 is 9.53 Å². The lowest BCUT2D eigenvalue weighted by Crippen LogP contribution is -2.50. The number of hydrogen-bond acceptors (Lipinski definition) is 4. The molecule has 0 bridgehead atoms. The zero-order valence-corrected chi connectivity index (χ0v) is 13.2. The number of rotatable bonds is 2. The minimum atomic E-state index is 0.0801. The first kappa shape index (κ1) is 14.4. The normalized spacial score (nSPS) is 23.3. The van der Waals surface area contributed by atoms with Crippen LogP contribution >= 0.6 is 0 Å². The highest BCUT2D eigenvalue weighted by molar-refractivity contribution is 5.79. The summed E-state index contributed by atoms with van der Waals surface area (Å²) in [5, 5.41) is 8.15. The van der Waals surface area contributed by atoms with E-state index in [4.69, 9.17) is 4.74 Å². The summed E-state index contributed by atoms with van der Waals surface area (Å²) in [6.45, 7) is 4.00. The molecule has 0 radical (unpaired) electrons. The third kappa shape index (κ3) is 2.74. The summed E-state index contributed by atoms with van der Waals surface area (Å²) in [6, 6.07) is 8.21. The lowest BCUT2D eigenvalue weighted by Gasteiger charge is -2.41. The van der Waals surface area contributed by atoms with Crippen LogP contribution in [0.25, 0.3) is 0 Å². The highest BCUT2D eigenvalue weighted by atomic mass is 16.5. The first-order chi connectivity index (χ1) is 11.2. The van der Waals surface area contributed by atoms with E-state index in [1.807, 2.05) is 34.7 Å². The second-order valence-corrected chi connectivity index (χ2v) is 6.38. The number of aryl methyl sites for hydroxylation is 1. The Hall–Kier alpha value is -2.21. The van der Waals surface area contributed by atoms with Gasteiger partial charge in [-0.2, -0.15) is 0 Å². The third-order valence-corrected chi connectivity index (χ3v) is 4.72. The summed E-state index contributed by atoms with van der Waals surface area (Å²) in [6.07, 6.45) is 3.17. The molecule has 0 aliphatic carbocycles. The Labute approximate surface area is 135 Å². The van der Waals surface area contributed by atoms with Crippen molar-refractivity contribution in [3.63, 3.8) is 0 Å². The van der Waals surface area contributed by atoms with Crippen molar-refractivity contribution >= 4 is 5.91 Å². The highest BCUT2D eigenvalue weighted by Crippen LogP contribution is 2.30. The van der Waals surface area contributed by atoms with Gasteiger partial charge in [-0.1, -0.05) is 35.0 Å². The van der Waals surface area contributed by atoms with Crippen LogP contribution in [0.1, 0.15) is 29.3 Å². The number of ether oxygens (including phenoxy) is 1. The molecule has 1 aromatic carbocycles. The van der Waals surface area contributed by atoms with E-state index >= 15 is 0 Å². The molecule has 0 spiro atoms. The van der Waals surface area contributed by atoms with Crippen molar-refractivity contribution in [2.24, 2.45) is 0 Å². The van der Waals surface area contributed by atoms with Gasteiger partial charge < -0.3 is 9.64 Å². The van der Waals surface area contributed by atoms with Gasteiger partial charge in [-0.3, -0.25) is 4.79 Å². The minimum absolute atomic E-state index is 0.0801. The Morgan fingerprint density at radius 3 is 3.22 bits per heavy atom. The molecule has 2 aliphatic rings. The van der Waals surface area contributed by atoms with Gasteiger partial charge in [-0.25, -0.2) is 4.68 Å². The van der Waals surface area contributed by atoms with Crippen LogP contribution in [-0.4, -0.2) is 45.0 Å². The quantitative estimate of drug-likeness (QED) is 0.843. The molecule has 1 saturated heterocycles. The number of hydrogen-bond donors (Lipinski definition) is 0. The van der Waals surface area contributed by atoms with E-state index in [9.17, 15) is 4.79 Å². The summed E-state index contributed by atoms with van der Waals surface area (Å²) in [4.78, 5) is 14.6. The van der Waals surface area contributed by atoms with Crippen LogP contribution in [-0.2, 0) is 22.6 Å². The van der Waals surface area contributed by atoms with Gasteiger partial charge in [0.05, 0.1) is 37.1 Å². The molecule has 6 heteroatoms. The first-order valence-corrected chi connectivity index (χ1v) is 8.05.